The second-order valence-corrected chi connectivity index (χ2v) is 13.7. The number of halogens is 4. The van der Waals surface area contributed by atoms with E-state index in [1.807, 2.05) is 20.8 Å². The van der Waals surface area contributed by atoms with Crippen LogP contribution in [0, 0.1) is 5.95 Å². The molecule has 2 heterocycles. The topological polar surface area (TPSA) is 125 Å². The van der Waals surface area contributed by atoms with Gasteiger partial charge >= 0.3 is 18.4 Å². The molecule has 0 aliphatic carbocycles. The number of fused-ring (bicyclic) bond motifs is 1. The Morgan fingerprint density at radius 3 is 2.22 bits per heavy atom. The quantitative estimate of drug-likeness (QED) is 0.136. The Morgan fingerprint density at radius 1 is 1.00 bits per heavy atom. The smallest absolute Gasteiger partial charge is 0.416 e. The van der Waals surface area contributed by atoms with Gasteiger partial charge in [0.1, 0.15) is 11.7 Å². The minimum atomic E-state index is -4.61. The van der Waals surface area contributed by atoms with Gasteiger partial charge in [-0.25, -0.2) is 19.6 Å². The van der Waals surface area contributed by atoms with Gasteiger partial charge in [0.25, 0.3) is 0 Å². The number of carbonyl (C=O) groups is 2. The number of nitrogens with zero attached hydrogens (tertiary/aromatic N) is 3. The van der Waals surface area contributed by atoms with Gasteiger partial charge in [0.15, 0.2) is 5.13 Å². The van der Waals surface area contributed by atoms with Gasteiger partial charge in [-0.15, -0.1) is 0 Å². The molecule has 4 aromatic rings. The van der Waals surface area contributed by atoms with Crippen LogP contribution < -0.4 is 10.2 Å². The number of aliphatic hydroxyl groups excluding tert-OH is 1. The summed E-state index contributed by atoms with van der Waals surface area (Å²) in [6.45, 7) is 9.98. The molecular weight excluding hydrogens is 628 g/mol. The summed E-state index contributed by atoms with van der Waals surface area (Å²) in [6, 6.07) is 8.90. The van der Waals surface area contributed by atoms with E-state index < -0.39 is 59.6 Å². The average Bonchev–Trinajstić information content (AvgIpc) is 3.39. The molecule has 0 aliphatic heterocycles. The number of benzene rings is 2. The number of alkyl halides is 3. The molecule has 3 N–H and O–H groups in total. The Labute approximate surface area is 266 Å². The minimum absolute atomic E-state index is 0.00694. The van der Waals surface area contributed by atoms with Crippen molar-refractivity contribution in [2.75, 3.05) is 11.4 Å². The van der Waals surface area contributed by atoms with E-state index in [2.05, 4.69) is 15.3 Å². The van der Waals surface area contributed by atoms with Gasteiger partial charge in [0.05, 0.1) is 28.7 Å². The Kier molecular flexibility index (Phi) is 9.64. The lowest BCUT2D eigenvalue weighted by Crippen LogP contribution is -2.50. The lowest BCUT2D eigenvalue weighted by atomic mass is 9.89. The van der Waals surface area contributed by atoms with Gasteiger partial charge in [-0.05, 0) is 55.5 Å². The van der Waals surface area contributed by atoms with Crippen LogP contribution in [-0.2, 0) is 16.3 Å². The zero-order chi connectivity index (χ0) is 34.2. The predicted molar refractivity (Wildman–Crippen MR) is 166 cm³/mol. The van der Waals surface area contributed by atoms with Crippen LogP contribution in [0.4, 0.5) is 32.3 Å². The van der Waals surface area contributed by atoms with Crippen LogP contribution in [0.25, 0.3) is 21.2 Å². The van der Waals surface area contributed by atoms with Crippen molar-refractivity contribution in [2.24, 2.45) is 0 Å². The van der Waals surface area contributed by atoms with E-state index in [0.717, 1.165) is 40.5 Å². The van der Waals surface area contributed by atoms with Crippen LogP contribution in [0.5, 0.6) is 0 Å². The van der Waals surface area contributed by atoms with Crippen molar-refractivity contribution in [1.29, 1.82) is 0 Å². The Hall–Kier alpha value is -4.30. The number of aromatic nitrogens is 2. The summed E-state index contributed by atoms with van der Waals surface area (Å²) in [7, 11) is 0. The predicted octanol–water partition coefficient (Wildman–Crippen LogP) is 7.93. The second kappa shape index (κ2) is 12.8. The van der Waals surface area contributed by atoms with Crippen molar-refractivity contribution < 1.29 is 42.1 Å². The zero-order valence-corrected chi connectivity index (χ0v) is 26.8. The molecule has 2 atom stereocenters. The molecule has 0 radical (unpaired) electrons. The Balaban J connectivity index is 1.76. The van der Waals surface area contributed by atoms with Crippen LogP contribution in [0.15, 0.2) is 54.7 Å². The number of carboxylic acid groups (broad SMARTS) is 1. The lowest BCUT2D eigenvalue weighted by molar-refractivity contribution is -0.137. The fraction of sp³-hybridized carbons (Fsp3) is 0.375. The first-order valence-electron chi connectivity index (χ1n) is 14.1. The summed E-state index contributed by atoms with van der Waals surface area (Å²) in [5.41, 5.74) is -1.23. The summed E-state index contributed by atoms with van der Waals surface area (Å²) in [5.74, 6) is -0.655. The normalized spacial score (nSPS) is 13.7. The molecule has 0 bridgehead atoms. The van der Waals surface area contributed by atoms with E-state index in [9.17, 15) is 37.4 Å². The highest BCUT2D eigenvalue weighted by Gasteiger charge is 2.35. The van der Waals surface area contributed by atoms with E-state index in [4.69, 9.17) is 4.74 Å². The number of rotatable bonds is 7. The Morgan fingerprint density at radius 2 is 1.65 bits per heavy atom. The molecule has 0 unspecified atom stereocenters. The molecule has 4 rings (SSSR count). The monoisotopic (exact) mass is 662 g/mol. The maximum Gasteiger partial charge on any atom is 0.416 e. The standard InChI is InChI=1S/C32H34F4N4O5S/c1-30(2,3)26-25(18-7-8-19-15-37-23(33)14-20(19)13-18)46-27(39-26)40(29(43)44)16-22(38-28(42)45-31(4,5)6)24(41)17-9-11-21(12-10-17)32(34,35)36/h7-15,22,24,41H,16H2,1-6H3,(H,38,42)(H,43,44)/t22-,24+/m1/s1. The molecule has 46 heavy (non-hydrogen) atoms. The maximum absolute atomic E-state index is 13.9. The summed E-state index contributed by atoms with van der Waals surface area (Å²) in [4.78, 5) is 35.3. The molecule has 0 saturated carbocycles. The van der Waals surface area contributed by atoms with Crippen molar-refractivity contribution >= 4 is 39.4 Å². The Bertz CT molecular complexity index is 1730. The molecule has 0 spiro atoms. The summed E-state index contributed by atoms with van der Waals surface area (Å²) < 4.78 is 58.7. The van der Waals surface area contributed by atoms with Gasteiger partial charge in [-0.1, -0.05) is 56.4 Å². The molecule has 2 amide bonds. The van der Waals surface area contributed by atoms with Gasteiger partial charge in [-0.3, -0.25) is 4.90 Å². The van der Waals surface area contributed by atoms with Crippen molar-refractivity contribution in [3.8, 4) is 10.4 Å². The molecular formula is C32H34F4N4O5S. The fourth-order valence-electron chi connectivity index (χ4n) is 4.60. The number of anilines is 1. The molecule has 246 valence electrons. The second-order valence-electron chi connectivity index (χ2n) is 12.7. The first kappa shape index (κ1) is 34.6. The highest BCUT2D eigenvalue weighted by molar-refractivity contribution is 7.19. The third-order valence-corrected chi connectivity index (χ3v) is 7.91. The molecule has 2 aromatic carbocycles. The van der Waals surface area contributed by atoms with Crippen LogP contribution in [0.2, 0.25) is 0 Å². The SMILES string of the molecule is CC(C)(C)OC(=O)N[C@H](CN(C(=O)O)c1nc(C(C)(C)C)c(-c2ccc3cnc(F)cc3c2)s1)[C@@H](O)c1ccc(C(F)(F)F)cc1. The summed E-state index contributed by atoms with van der Waals surface area (Å²) in [6.07, 6.45) is -7.27. The molecule has 0 aliphatic rings. The number of pyridine rings is 1. The number of amides is 2. The van der Waals surface area contributed by atoms with E-state index >= 15 is 0 Å². The number of hydrogen-bond donors (Lipinski definition) is 3. The highest BCUT2D eigenvalue weighted by atomic mass is 32.1. The van der Waals surface area contributed by atoms with Crippen molar-refractivity contribution in [1.82, 2.24) is 15.3 Å². The lowest BCUT2D eigenvalue weighted by Gasteiger charge is -2.30. The van der Waals surface area contributed by atoms with Crippen molar-refractivity contribution in [3.63, 3.8) is 0 Å². The number of carbonyl (C=O) groups excluding carboxylic acids is 1. The molecule has 0 saturated heterocycles. The highest BCUT2D eigenvalue weighted by Crippen LogP contribution is 2.42. The molecule has 14 heteroatoms. The van der Waals surface area contributed by atoms with Crippen LogP contribution >= 0.6 is 11.3 Å². The largest absolute Gasteiger partial charge is 0.465 e. The van der Waals surface area contributed by atoms with E-state index in [1.54, 1.807) is 39.0 Å². The fourth-order valence-corrected chi connectivity index (χ4v) is 5.88. The number of alkyl carbamates (subject to hydrolysis) is 1. The van der Waals surface area contributed by atoms with Gasteiger partial charge in [0.2, 0.25) is 5.95 Å². The van der Waals surface area contributed by atoms with E-state index in [0.29, 0.717) is 26.9 Å². The van der Waals surface area contributed by atoms with Crippen molar-refractivity contribution in [3.05, 3.63) is 77.5 Å². The first-order chi connectivity index (χ1) is 21.2. The number of aliphatic hydroxyl groups is 1. The van der Waals surface area contributed by atoms with Gasteiger partial charge in [0, 0.05) is 23.1 Å². The third-order valence-electron chi connectivity index (χ3n) is 6.78. The number of thiazole rings is 1. The summed E-state index contributed by atoms with van der Waals surface area (Å²) >= 11 is 1.05. The van der Waals surface area contributed by atoms with Crippen LogP contribution in [0.1, 0.15) is 64.5 Å². The molecule has 9 nitrogen and oxygen atoms in total. The van der Waals surface area contributed by atoms with E-state index in [1.165, 1.54) is 12.3 Å². The van der Waals surface area contributed by atoms with Crippen LogP contribution in [0.3, 0.4) is 0 Å². The number of nitrogens with one attached hydrogen (secondary N) is 1. The first-order valence-corrected chi connectivity index (χ1v) is 15.0. The summed E-state index contributed by atoms with van der Waals surface area (Å²) in [5, 5.41) is 25.4. The maximum atomic E-state index is 13.9. The molecule has 2 aromatic heterocycles. The molecule has 0 fully saturated rings. The van der Waals surface area contributed by atoms with Crippen molar-refractivity contribution in [2.45, 2.75) is 70.9 Å². The average molecular weight is 663 g/mol. The third kappa shape index (κ3) is 8.29. The van der Waals surface area contributed by atoms with Gasteiger partial charge in [-0.2, -0.15) is 17.6 Å². The number of hydrogen-bond acceptors (Lipinski definition) is 7. The minimum Gasteiger partial charge on any atom is -0.465 e. The number of ether oxygens (including phenoxy) is 1. The van der Waals surface area contributed by atoms with Crippen LogP contribution in [-0.4, -0.2) is 50.6 Å². The van der Waals surface area contributed by atoms with Gasteiger partial charge < -0.3 is 20.3 Å². The van der Waals surface area contributed by atoms with E-state index in [-0.39, 0.29) is 10.7 Å². The zero-order valence-electron chi connectivity index (χ0n) is 25.9.